The third-order valence-corrected chi connectivity index (χ3v) is 2.24. The van der Waals surface area contributed by atoms with E-state index in [9.17, 15) is 4.79 Å². The van der Waals surface area contributed by atoms with Crippen molar-refractivity contribution in [1.82, 2.24) is 0 Å². The molecule has 1 aliphatic rings. The second-order valence-electron chi connectivity index (χ2n) is 3.69. The summed E-state index contributed by atoms with van der Waals surface area (Å²) >= 11 is 0. The molecule has 1 N–H and O–H groups in total. The molecule has 1 atom stereocenters. The Balaban J connectivity index is 2.32. The molecule has 0 spiro atoms. The molecule has 2 rings (SSSR count). The smallest absolute Gasteiger partial charge is 0.335 e. The van der Waals surface area contributed by atoms with Gasteiger partial charge in [0.05, 0.1) is 18.8 Å². The summed E-state index contributed by atoms with van der Waals surface area (Å²) in [5.41, 5.74) is 0.215. The van der Waals surface area contributed by atoms with E-state index in [1.165, 1.54) is 12.1 Å². The van der Waals surface area contributed by atoms with Gasteiger partial charge in [0.2, 0.25) is 0 Å². The third-order valence-electron chi connectivity index (χ3n) is 2.24. The summed E-state index contributed by atoms with van der Waals surface area (Å²) in [7, 11) is 0. The highest BCUT2D eigenvalue weighted by Crippen LogP contribution is 2.31. The lowest BCUT2D eigenvalue weighted by molar-refractivity contribution is 0.0696. The summed E-state index contributed by atoms with van der Waals surface area (Å²) in [6.07, 6.45) is 0. The predicted molar refractivity (Wildman–Crippen MR) is 53.6 cm³/mol. The topological polar surface area (TPSA) is 55.8 Å². The van der Waals surface area contributed by atoms with E-state index in [1.807, 2.05) is 6.92 Å². The third kappa shape index (κ3) is 2.03. The van der Waals surface area contributed by atoms with E-state index in [0.717, 1.165) is 0 Å². The Kier molecular flexibility index (Phi) is 2.49. The molecule has 0 fully saturated rings. The van der Waals surface area contributed by atoms with Crippen molar-refractivity contribution in [2.24, 2.45) is 5.92 Å². The number of carboxylic acid groups (broad SMARTS) is 1. The summed E-state index contributed by atoms with van der Waals surface area (Å²) in [6.45, 7) is 3.17. The summed E-state index contributed by atoms with van der Waals surface area (Å²) < 4.78 is 10.9. The number of aromatic carboxylic acids is 1. The molecular weight excluding hydrogens is 196 g/mol. The highest BCUT2D eigenvalue weighted by Gasteiger charge is 2.16. The summed E-state index contributed by atoms with van der Waals surface area (Å²) in [4.78, 5) is 10.7. The lowest BCUT2D eigenvalue weighted by Gasteiger charge is -2.06. The van der Waals surface area contributed by atoms with E-state index >= 15 is 0 Å². The number of benzene rings is 1. The Bertz CT molecular complexity index is 386. The zero-order valence-corrected chi connectivity index (χ0v) is 8.40. The number of hydrogen-bond acceptors (Lipinski definition) is 3. The molecule has 1 aliphatic heterocycles. The van der Waals surface area contributed by atoms with Gasteiger partial charge < -0.3 is 14.6 Å². The van der Waals surface area contributed by atoms with Crippen molar-refractivity contribution in [2.75, 3.05) is 13.2 Å². The van der Waals surface area contributed by atoms with Gasteiger partial charge in [-0.3, -0.25) is 0 Å². The second-order valence-corrected chi connectivity index (χ2v) is 3.69. The Hall–Kier alpha value is -1.71. The first-order valence-electron chi connectivity index (χ1n) is 4.80. The number of fused-ring (bicyclic) bond motifs is 1. The zero-order chi connectivity index (χ0) is 10.8. The van der Waals surface area contributed by atoms with Crippen LogP contribution < -0.4 is 9.47 Å². The van der Waals surface area contributed by atoms with Gasteiger partial charge in [-0.05, 0) is 18.2 Å². The van der Waals surface area contributed by atoms with Crippen molar-refractivity contribution in [3.8, 4) is 11.5 Å². The minimum Gasteiger partial charge on any atom is -0.489 e. The molecule has 1 aromatic carbocycles. The largest absolute Gasteiger partial charge is 0.489 e. The van der Waals surface area contributed by atoms with Gasteiger partial charge in [0, 0.05) is 5.92 Å². The minimum atomic E-state index is -0.960. The van der Waals surface area contributed by atoms with Crippen LogP contribution in [-0.2, 0) is 0 Å². The molecule has 80 valence electrons. The zero-order valence-electron chi connectivity index (χ0n) is 8.40. The lowest BCUT2D eigenvalue weighted by atomic mass is 10.2. The fourth-order valence-electron chi connectivity index (χ4n) is 1.39. The molecule has 1 unspecified atom stereocenters. The molecule has 0 radical (unpaired) electrons. The Morgan fingerprint density at radius 2 is 2.00 bits per heavy atom. The number of hydrogen-bond donors (Lipinski definition) is 1. The van der Waals surface area contributed by atoms with Crippen LogP contribution in [-0.4, -0.2) is 24.3 Å². The van der Waals surface area contributed by atoms with Crippen molar-refractivity contribution in [3.63, 3.8) is 0 Å². The molecular formula is C11H12O4. The number of carboxylic acids is 1. The van der Waals surface area contributed by atoms with Gasteiger partial charge in [0.1, 0.15) is 0 Å². The summed E-state index contributed by atoms with van der Waals surface area (Å²) in [5.74, 6) is 0.480. The molecule has 4 heteroatoms. The van der Waals surface area contributed by atoms with Gasteiger partial charge >= 0.3 is 5.97 Å². The van der Waals surface area contributed by atoms with Crippen molar-refractivity contribution in [2.45, 2.75) is 6.92 Å². The van der Waals surface area contributed by atoms with Gasteiger partial charge in [0.25, 0.3) is 0 Å². The van der Waals surface area contributed by atoms with Gasteiger partial charge in [-0.1, -0.05) is 6.92 Å². The van der Waals surface area contributed by atoms with E-state index in [1.54, 1.807) is 6.07 Å². The maximum Gasteiger partial charge on any atom is 0.335 e. The van der Waals surface area contributed by atoms with Crippen LogP contribution in [0.5, 0.6) is 11.5 Å². The minimum absolute atomic E-state index is 0.215. The van der Waals surface area contributed by atoms with Crippen LogP contribution in [0.4, 0.5) is 0 Å². The van der Waals surface area contributed by atoms with Crippen LogP contribution in [0.1, 0.15) is 17.3 Å². The summed E-state index contributed by atoms with van der Waals surface area (Å²) in [5, 5.41) is 8.81. The van der Waals surface area contributed by atoms with E-state index in [0.29, 0.717) is 30.6 Å². The van der Waals surface area contributed by atoms with Crippen LogP contribution in [0.15, 0.2) is 18.2 Å². The van der Waals surface area contributed by atoms with Gasteiger partial charge in [-0.2, -0.15) is 0 Å². The van der Waals surface area contributed by atoms with Crippen molar-refractivity contribution >= 4 is 5.97 Å². The van der Waals surface area contributed by atoms with Crippen LogP contribution in [0.2, 0.25) is 0 Å². The molecule has 4 nitrogen and oxygen atoms in total. The van der Waals surface area contributed by atoms with Crippen LogP contribution in [0, 0.1) is 5.92 Å². The lowest BCUT2D eigenvalue weighted by Crippen LogP contribution is -2.12. The number of rotatable bonds is 1. The molecule has 15 heavy (non-hydrogen) atoms. The molecule has 0 saturated heterocycles. The SMILES string of the molecule is CC1COc2ccc(C(=O)O)cc2OC1. The van der Waals surface area contributed by atoms with Crippen molar-refractivity contribution < 1.29 is 19.4 Å². The summed E-state index contributed by atoms with van der Waals surface area (Å²) in [6, 6.07) is 4.65. The van der Waals surface area contributed by atoms with E-state index in [2.05, 4.69) is 0 Å². The molecule has 1 aromatic rings. The first-order chi connectivity index (χ1) is 7.16. The first-order valence-corrected chi connectivity index (χ1v) is 4.80. The second kappa shape index (κ2) is 3.81. The highest BCUT2D eigenvalue weighted by molar-refractivity contribution is 5.88. The Morgan fingerprint density at radius 1 is 1.33 bits per heavy atom. The highest BCUT2D eigenvalue weighted by atomic mass is 16.5. The first kappa shape index (κ1) is 9.83. The molecule has 0 amide bonds. The maximum absolute atomic E-state index is 10.7. The maximum atomic E-state index is 10.7. The van der Waals surface area contributed by atoms with Gasteiger partial charge in [-0.25, -0.2) is 4.79 Å². The molecule has 1 heterocycles. The van der Waals surface area contributed by atoms with E-state index < -0.39 is 5.97 Å². The number of carbonyl (C=O) groups is 1. The van der Waals surface area contributed by atoms with Crippen molar-refractivity contribution in [1.29, 1.82) is 0 Å². The molecule has 0 aromatic heterocycles. The number of ether oxygens (including phenoxy) is 2. The van der Waals surface area contributed by atoms with Crippen LogP contribution in [0.25, 0.3) is 0 Å². The average Bonchev–Trinajstić information content (AvgIpc) is 2.40. The van der Waals surface area contributed by atoms with Gasteiger partial charge in [0.15, 0.2) is 11.5 Å². The van der Waals surface area contributed by atoms with E-state index in [-0.39, 0.29) is 5.56 Å². The average molecular weight is 208 g/mol. The fraction of sp³-hybridized carbons (Fsp3) is 0.364. The van der Waals surface area contributed by atoms with Gasteiger partial charge in [-0.15, -0.1) is 0 Å². The molecule has 0 aliphatic carbocycles. The quantitative estimate of drug-likeness (QED) is 0.764. The standard InChI is InChI=1S/C11H12O4/c1-7-5-14-9-3-2-8(11(12)13)4-10(9)15-6-7/h2-4,7H,5-6H2,1H3,(H,12,13). The Labute approximate surface area is 87.4 Å². The monoisotopic (exact) mass is 208 g/mol. The predicted octanol–water partition coefficient (Wildman–Crippen LogP) is 1.79. The fourth-order valence-corrected chi connectivity index (χ4v) is 1.39. The van der Waals surface area contributed by atoms with E-state index in [4.69, 9.17) is 14.6 Å². The van der Waals surface area contributed by atoms with Crippen LogP contribution >= 0.6 is 0 Å². The molecule has 0 bridgehead atoms. The normalized spacial score (nSPS) is 19.4. The Morgan fingerprint density at radius 3 is 2.67 bits per heavy atom. The van der Waals surface area contributed by atoms with Crippen LogP contribution in [0.3, 0.4) is 0 Å². The van der Waals surface area contributed by atoms with Crippen molar-refractivity contribution in [3.05, 3.63) is 23.8 Å². The molecule has 0 saturated carbocycles.